The Balaban J connectivity index is 2.44. The molecule has 0 aliphatic carbocycles. The number of hydrogen-bond acceptors (Lipinski definition) is 6. The zero-order valence-corrected chi connectivity index (χ0v) is 19.1. The van der Waals surface area contributed by atoms with E-state index in [0.29, 0.717) is 5.69 Å². The number of benzene rings is 2. The summed E-state index contributed by atoms with van der Waals surface area (Å²) in [6.07, 6.45) is 0. The number of rotatable bonds is 9. The van der Waals surface area contributed by atoms with E-state index in [-0.39, 0.29) is 5.91 Å². The molecular weight excluding hydrogens is 394 g/mol. The maximum Gasteiger partial charge on any atom is 0.529 e. The minimum Gasteiger partial charge on any atom is -0.374 e. The molecule has 2 rings (SSSR count). The molecule has 1 amide bonds. The first kappa shape index (κ1) is 22.4. The Labute approximate surface area is 168 Å². The predicted octanol–water partition coefficient (Wildman–Crippen LogP) is 1.55. The van der Waals surface area contributed by atoms with Crippen LogP contribution in [0.5, 0.6) is 0 Å². The van der Waals surface area contributed by atoms with Gasteiger partial charge in [0.05, 0.1) is 0 Å². The number of carbonyl (C=O) groups is 1. The van der Waals surface area contributed by atoms with Crippen molar-refractivity contribution in [1.82, 2.24) is 0 Å². The van der Waals surface area contributed by atoms with Gasteiger partial charge < -0.3 is 27.1 Å². The Morgan fingerprint density at radius 2 is 1.14 bits per heavy atom. The Kier molecular flexibility index (Phi) is 7.66. The summed E-state index contributed by atoms with van der Waals surface area (Å²) >= 11 is 0. The lowest BCUT2D eigenvalue weighted by molar-refractivity contribution is -0.114. The van der Waals surface area contributed by atoms with Crippen LogP contribution in [0.3, 0.4) is 0 Å². The van der Waals surface area contributed by atoms with E-state index in [4.69, 9.17) is 21.8 Å². The highest BCUT2D eigenvalue weighted by Gasteiger charge is 2.55. The van der Waals surface area contributed by atoms with Gasteiger partial charge in [-0.25, -0.2) is 0 Å². The van der Waals surface area contributed by atoms with Gasteiger partial charge in [0.2, 0.25) is 5.91 Å². The molecule has 0 heterocycles. The summed E-state index contributed by atoms with van der Waals surface area (Å²) < 4.78 is 29.6. The van der Waals surface area contributed by atoms with Gasteiger partial charge in [0.15, 0.2) is 0 Å². The summed E-state index contributed by atoms with van der Waals surface area (Å²) in [5, 5.41) is 4.27. The third-order valence-corrected chi connectivity index (χ3v) is 10.7. The van der Waals surface area contributed by atoms with Crippen molar-refractivity contribution in [3.8, 4) is 0 Å². The molecule has 152 valence electrons. The molecule has 0 aliphatic heterocycles. The van der Waals surface area contributed by atoms with E-state index in [0.717, 1.165) is 15.9 Å². The summed E-state index contributed by atoms with van der Waals surface area (Å²) in [4.78, 5) is 11.2. The zero-order chi connectivity index (χ0) is 20.8. The molecule has 0 unspecified atom stereocenters. The highest BCUT2D eigenvalue weighted by Crippen LogP contribution is 2.19. The second kappa shape index (κ2) is 9.57. The minimum atomic E-state index is -3.36. The van der Waals surface area contributed by atoms with Crippen LogP contribution in [0.2, 0.25) is 0 Å². The van der Waals surface area contributed by atoms with E-state index in [1.807, 2.05) is 43.3 Å². The Hall–Kier alpha value is -1.86. The Bertz CT molecular complexity index is 774. The third kappa shape index (κ3) is 4.76. The average Bonchev–Trinajstić information content (AvgIpc) is 2.71. The van der Waals surface area contributed by atoms with Crippen molar-refractivity contribution in [2.75, 3.05) is 33.8 Å². The van der Waals surface area contributed by atoms with Crippen LogP contribution in [-0.4, -0.2) is 52.0 Å². The largest absolute Gasteiger partial charge is 0.529 e. The van der Waals surface area contributed by atoms with Gasteiger partial charge in [-0.1, -0.05) is 42.0 Å². The van der Waals surface area contributed by atoms with Crippen LogP contribution in [0.4, 0.5) is 5.69 Å². The van der Waals surface area contributed by atoms with Crippen molar-refractivity contribution in [2.45, 2.75) is 13.8 Å². The summed E-state index contributed by atoms with van der Waals surface area (Å²) in [5.41, 5.74) is 1.79. The number of carbonyl (C=O) groups excluding carboxylic acids is 1. The lowest BCUT2D eigenvalue weighted by Gasteiger charge is -2.35. The van der Waals surface area contributed by atoms with Gasteiger partial charge in [-0.2, -0.15) is 0 Å². The molecule has 28 heavy (non-hydrogen) atoms. The molecule has 2 aromatic rings. The highest BCUT2D eigenvalue weighted by molar-refractivity contribution is 6.88. The molecule has 1 N–H and O–H groups in total. The van der Waals surface area contributed by atoms with Gasteiger partial charge in [-0.05, 0) is 19.1 Å². The van der Waals surface area contributed by atoms with Crippen LogP contribution in [0, 0.1) is 6.92 Å². The minimum absolute atomic E-state index is 0.143. The van der Waals surface area contributed by atoms with Crippen molar-refractivity contribution in [1.29, 1.82) is 0 Å². The molecule has 2 aromatic carbocycles. The van der Waals surface area contributed by atoms with Crippen LogP contribution in [0.1, 0.15) is 12.5 Å². The van der Waals surface area contributed by atoms with Gasteiger partial charge in [0.25, 0.3) is 0 Å². The predicted molar refractivity (Wildman–Crippen MR) is 112 cm³/mol. The standard InChI is InChI=1S/C19H27NO6Si2/c1-15-7-11-18(12-8-15)27(22-3,23-4)26-28(24-5,25-6)19-13-9-17(10-14-19)20-16(2)21/h7-14H,1-6H3,(H,20,21). The van der Waals surface area contributed by atoms with E-state index >= 15 is 0 Å². The lowest BCUT2D eigenvalue weighted by atomic mass is 10.2. The average molecular weight is 422 g/mol. The number of amides is 1. The Morgan fingerprint density at radius 3 is 1.50 bits per heavy atom. The van der Waals surface area contributed by atoms with Gasteiger partial charge in [-0.15, -0.1) is 0 Å². The second-order valence-corrected chi connectivity index (χ2v) is 12.0. The fourth-order valence-corrected chi connectivity index (χ4v) is 8.94. The molecule has 0 spiro atoms. The summed E-state index contributed by atoms with van der Waals surface area (Å²) in [5.74, 6) is -0.143. The zero-order valence-electron chi connectivity index (χ0n) is 17.1. The molecule has 0 bridgehead atoms. The molecular formula is C19H27NO6Si2. The van der Waals surface area contributed by atoms with Crippen molar-refractivity contribution in [3.05, 3.63) is 54.1 Å². The first-order chi connectivity index (χ1) is 13.3. The quantitative estimate of drug-likeness (QED) is 0.619. The van der Waals surface area contributed by atoms with Crippen LogP contribution in [-0.2, 0) is 26.6 Å². The number of hydrogen-bond donors (Lipinski definition) is 1. The number of anilines is 1. The summed E-state index contributed by atoms with van der Waals surface area (Å²) in [6, 6.07) is 15.0. The fraction of sp³-hybridized carbons (Fsp3) is 0.316. The second-order valence-electron chi connectivity index (χ2n) is 6.16. The van der Waals surface area contributed by atoms with E-state index < -0.39 is 17.6 Å². The van der Waals surface area contributed by atoms with Crippen molar-refractivity contribution in [3.63, 3.8) is 0 Å². The number of nitrogens with one attached hydrogen (secondary N) is 1. The van der Waals surface area contributed by atoms with Crippen LogP contribution in [0.15, 0.2) is 48.5 Å². The van der Waals surface area contributed by atoms with Gasteiger partial charge >= 0.3 is 17.6 Å². The van der Waals surface area contributed by atoms with Crippen LogP contribution >= 0.6 is 0 Å². The molecule has 0 radical (unpaired) electrons. The van der Waals surface area contributed by atoms with E-state index in [1.165, 1.54) is 21.1 Å². The topological polar surface area (TPSA) is 75.2 Å². The molecule has 0 fully saturated rings. The van der Waals surface area contributed by atoms with Crippen molar-refractivity contribution < 1.29 is 26.6 Å². The van der Waals surface area contributed by atoms with E-state index in [1.54, 1.807) is 26.4 Å². The molecule has 7 nitrogen and oxygen atoms in total. The molecule has 0 aliphatic rings. The normalized spacial score (nSPS) is 12.1. The third-order valence-electron chi connectivity index (χ3n) is 4.31. The SMILES string of the molecule is CO[Si](OC)(O[Si](OC)(OC)c1ccc(NC(C)=O)cc1)c1ccc(C)cc1. The maximum absolute atomic E-state index is 11.2. The van der Waals surface area contributed by atoms with E-state index in [2.05, 4.69) is 5.32 Å². The first-order valence-corrected chi connectivity index (χ1v) is 12.2. The summed E-state index contributed by atoms with van der Waals surface area (Å²) in [6.45, 7) is 3.46. The van der Waals surface area contributed by atoms with Gasteiger partial charge in [0.1, 0.15) is 0 Å². The first-order valence-electron chi connectivity index (χ1n) is 8.70. The highest BCUT2D eigenvalue weighted by atomic mass is 28.5. The lowest BCUT2D eigenvalue weighted by Crippen LogP contribution is -2.68. The monoisotopic (exact) mass is 421 g/mol. The molecule has 9 heteroatoms. The Morgan fingerprint density at radius 1 is 0.750 bits per heavy atom. The number of aryl methyl sites for hydroxylation is 1. The maximum atomic E-state index is 11.2. The molecule has 0 saturated carbocycles. The fourth-order valence-electron chi connectivity index (χ4n) is 2.82. The van der Waals surface area contributed by atoms with Crippen molar-refractivity contribution in [2.24, 2.45) is 0 Å². The smallest absolute Gasteiger partial charge is 0.374 e. The van der Waals surface area contributed by atoms with E-state index in [9.17, 15) is 4.79 Å². The van der Waals surface area contributed by atoms with Crippen molar-refractivity contribution >= 4 is 39.6 Å². The summed E-state index contributed by atoms with van der Waals surface area (Å²) in [7, 11) is -0.469. The molecule has 0 aromatic heterocycles. The van der Waals surface area contributed by atoms with Crippen LogP contribution in [0.25, 0.3) is 0 Å². The molecule has 0 atom stereocenters. The van der Waals surface area contributed by atoms with Gasteiger partial charge in [-0.3, -0.25) is 4.79 Å². The van der Waals surface area contributed by atoms with Gasteiger partial charge in [0, 0.05) is 51.4 Å². The van der Waals surface area contributed by atoms with Crippen LogP contribution < -0.4 is 15.7 Å². The molecule has 0 saturated heterocycles.